The fraction of sp³-hybridized carbons (Fsp3) is 0.400. The molecule has 3 nitrogen and oxygen atoms in total. The summed E-state index contributed by atoms with van der Waals surface area (Å²) < 4.78 is 5.24. The summed E-state index contributed by atoms with van der Waals surface area (Å²) in [4.78, 5) is 10.5. The van der Waals surface area contributed by atoms with Crippen LogP contribution in [0.3, 0.4) is 0 Å². The number of hydrogen-bond donors (Lipinski definition) is 0. The Morgan fingerprint density at radius 1 is 1.54 bits per heavy atom. The first-order chi connectivity index (χ1) is 6.11. The standard InChI is InChI=1S/C10H13NO2/c1-8-5-4-6-10(2,13-3)7-9(8)11-12/h4-7H,1-3H3. The lowest BCUT2D eigenvalue weighted by Gasteiger charge is -2.19. The topological polar surface area (TPSA) is 38.7 Å². The van der Waals surface area contributed by atoms with Gasteiger partial charge in [-0.15, -0.1) is 4.91 Å². The van der Waals surface area contributed by atoms with Crippen LogP contribution in [0.2, 0.25) is 0 Å². The Hall–Kier alpha value is -1.22. The van der Waals surface area contributed by atoms with E-state index in [9.17, 15) is 4.91 Å². The molecule has 1 unspecified atom stereocenters. The van der Waals surface area contributed by atoms with Gasteiger partial charge < -0.3 is 4.74 Å². The van der Waals surface area contributed by atoms with E-state index in [1.807, 2.05) is 32.1 Å². The number of methoxy groups -OCH3 is 1. The molecule has 3 heteroatoms. The average molecular weight is 179 g/mol. The number of hydrogen-bond acceptors (Lipinski definition) is 3. The Kier molecular flexibility index (Phi) is 2.78. The van der Waals surface area contributed by atoms with E-state index in [-0.39, 0.29) is 0 Å². The van der Waals surface area contributed by atoms with Crippen LogP contribution < -0.4 is 0 Å². The van der Waals surface area contributed by atoms with Crippen LogP contribution in [-0.2, 0) is 4.74 Å². The van der Waals surface area contributed by atoms with E-state index in [4.69, 9.17) is 4.74 Å². The first-order valence-electron chi connectivity index (χ1n) is 4.09. The van der Waals surface area contributed by atoms with Gasteiger partial charge >= 0.3 is 0 Å². The van der Waals surface area contributed by atoms with Crippen LogP contribution >= 0.6 is 0 Å². The van der Waals surface area contributed by atoms with Crippen molar-refractivity contribution in [3.05, 3.63) is 40.5 Å². The fourth-order valence-corrected chi connectivity index (χ4v) is 1.13. The molecule has 1 rings (SSSR count). The zero-order chi connectivity index (χ0) is 9.90. The van der Waals surface area contributed by atoms with Crippen molar-refractivity contribution in [2.75, 3.05) is 7.11 Å². The maximum atomic E-state index is 10.5. The van der Waals surface area contributed by atoms with Crippen LogP contribution in [0.25, 0.3) is 0 Å². The summed E-state index contributed by atoms with van der Waals surface area (Å²) in [6.07, 6.45) is 7.31. The molecule has 0 amide bonds. The molecule has 0 spiro atoms. The van der Waals surface area contributed by atoms with E-state index in [0.29, 0.717) is 5.70 Å². The molecule has 0 bridgehead atoms. The zero-order valence-electron chi connectivity index (χ0n) is 8.07. The van der Waals surface area contributed by atoms with E-state index >= 15 is 0 Å². The molecule has 70 valence electrons. The lowest BCUT2D eigenvalue weighted by molar-refractivity contribution is 0.0903. The van der Waals surface area contributed by atoms with Crippen LogP contribution in [0, 0.1) is 4.91 Å². The van der Waals surface area contributed by atoms with Gasteiger partial charge in [-0.1, -0.05) is 12.2 Å². The quantitative estimate of drug-likeness (QED) is 0.611. The number of ether oxygens (including phenoxy) is 1. The third kappa shape index (κ3) is 2.12. The Bertz CT molecular complexity index is 302. The lowest BCUT2D eigenvalue weighted by Crippen LogP contribution is -2.21. The molecule has 13 heavy (non-hydrogen) atoms. The van der Waals surface area contributed by atoms with E-state index in [1.165, 1.54) is 0 Å². The molecular weight excluding hydrogens is 166 g/mol. The SMILES string of the molecule is COC1(C)C=CC=C(C)C(N=O)=C1. The molecule has 1 aliphatic carbocycles. The van der Waals surface area contributed by atoms with E-state index in [1.54, 1.807) is 13.2 Å². The van der Waals surface area contributed by atoms with Crippen molar-refractivity contribution >= 4 is 0 Å². The Labute approximate surface area is 77.8 Å². The minimum absolute atomic E-state index is 0.439. The Morgan fingerprint density at radius 3 is 2.77 bits per heavy atom. The van der Waals surface area contributed by atoms with Crippen LogP contribution in [0.1, 0.15) is 13.8 Å². The van der Waals surface area contributed by atoms with Gasteiger partial charge in [0.25, 0.3) is 0 Å². The predicted molar refractivity (Wildman–Crippen MR) is 52.2 cm³/mol. The van der Waals surface area contributed by atoms with Gasteiger partial charge in [0, 0.05) is 7.11 Å². The summed E-state index contributed by atoms with van der Waals surface area (Å²) in [6, 6.07) is 0. The van der Waals surface area contributed by atoms with Gasteiger partial charge in [0.1, 0.15) is 11.3 Å². The number of nitroso groups, excluding NO2 is 1. The fourth-order valence-electron chi connectivity index (χ4n) is 1.13. The Morgan fingerprint density at radius 2 is 2.23 bits per heavy atom. The summed E-state index contributed by atoms with van der Waals surface area (Å²) in [5.41, 5.74) is 0.763. The van der Waals surface area contributed by atoms with Crippen molar-refractivity contribution < 1.29 is 4.74 Å². The highest BCUT2D eigenvalue weighted by Crippen LogP contribution is 2.23. The van der Waals surface area contributed by atoms with Crippen molar-refractivity contribution in [2.45, 2.75) is 19.4 Å². The number of rotatable bonds is 2. The summed E-state index contributed by atoms with van der Waals surface area (Å²) in [6.45, 7) is 3.72. The van der Waals surface area contributed by atoms with Gasteiger partial charge in [-0.25, -0.2) is 0 Å². The highest BCUT2D eigenvalue weighted by molar-refractivity contribution is 5.38. The first kappa shape index (κ1) is 9.86. The van der Waals surface area contributed by atoms with E-state index in [2.05, 4.69) is 5.18 Å². The molecule has 0 heterocycles. The van der Waals surface area contributed by atoms with Crippen molar-refractivity contribution in [2.24, 2.45) is 5.18 Å². The molecule has 1 atom stereocenters. The highest BCUT2D eigenvalue weighted by atomic mass is 16.5. The molecule has 0 saturated heterocycles. The third-order valence-electron chi connectivity index (χ3n) is 2.14. The van der Waals surface area contributed by atoms with E-state index in [0.717, 1.165) is 5.57 Å². The van der Waals surface area contributed by atoms with Crippen molar-refractivity contribution in [3.8, 4) is 0 Å². The van der Waals surface area contributed by atoms with Crippen LogP contribution in [-0.4, -0.2) is 12.7 Å². The van der Waals surface area contributed by atoms with Gasteiger partial charge in [-0.05, 0) is 36.7 Å². The molecule has 0 aromatic carbocycles. The average Bonchev–Trinajstić information content (AvgIpc) is 2.27. The molecule has 0 fully saturated rings. The van der Waals surface area contributed by atoms with Crippen LogP contribution in [0.4, 0.5) is 0 Å². The van der Waals surface area contributed by atoms with Gasteiger partial charge in [0.2, 0.25) is 0 Å². The smallest absolute Gasteiger partial charge is 0.110 e. The molecular formula is C10H13NO2. The van der Waals surface area contributed by atoms with E-state index < -0.39 is 5.60 Å². The lowest BCUT2D eigenvalue weighted by atomic mass is 10.1. The zero-order valence-corrected chi connectivity index (χ0v) is 8.07. The second kappa shape index (κ2) is 3.66. The summed E-state index contributed by atoms with van der Waals surface area (Å²) in [5.74, 6) is 0. The number of allylic oxidation sites excluding steroid dienone is 3. The predicted octanol–water partition coefficient (Wildman–Crippen LogP) is 2.56. The van der Waals surface area contributed by atoms with Gasteiger partial charge in [-0.3, -0.25) is 0 Å². The van der Waals surface area contributed by atoms with Gasteiger partial charge in [0.15, 0.2) is 0 Å². The normalized spacial score (nSPS) is 27.6. The maximum Gasteiger partial charge on any atom is 0.110 e. The second-order valence-corrected chi connectivity index (χ2v) is 3.22. The highest BCUT2D eigenvalue weighted by Gasteiger charge is 2.20. The molecule has 0 N–H and O–H groups in total. The maximum absolute atomic E-state index is 10.5. The summed E-state index contributed by atoms with van der Waals surface area (Å²) in [5, 5.41) is 2.95. The van der Waals surface area contributed by atoms with Crippen molar-refractivity contribution in [3.63, 3.8) is 0 Å². The summed E-state index contributed by atoms with van der Waals surface area (Å²) >= 11 is 0. The first-order valence-corrected chi connectivity index (χ1v) is 4.09. The number of nitrogens with zero attached hydrogens (tertiary/aromatic N) is 1. The molecule has 0 aromatic rings. The van der Waals surface area contributed by atoms with Gasteiger partial charge in [0.05, 0.1) is 0 Å². The minimum Gasteiger partial charge on any atom is -0.370 e. The molecule has 0 aromatic heterocycles. The minimum atomic E-state index is -0.530. The van der Waals surface area contributed by atoms with Gasteiger partial charge in [-0.2, -0.15) is 0 Å². The molecule has 0 saturated carbocycles. The molecule has 0 aliphatic heterocycles. The van der Waals surface area contributed by atoms with Crippen LogP contribution in [0.5, 0.6) is 0 Å². The second-order valence-electron chi connectivity index (χ2n) is 3.22. The van der Waals surface area contributed by atoms with Crippen molar-refractivity contribution in [1.29, 1.82) is 0 Å². The molecule has 0 radical (unpaired) electrons. The largest absolute Gasteiger partial charge is 0.370 e. The van der Waals surface area contributed by atoms with Crippen LogP contribution in [0.15, 0.2) is 40.8 Å². The molecule has 1 aliphatic rings. The van der Waals surface area contributed by atoms with Crippen molar-refractivity contribution in [1.82, 2.24) is 0 Å². The monoisotopic (exact) mass is 179 g/mol. The Balaban J connectivity index is 3.11. The summed E-state index contributed by atoms with van der Waals surface area (Å²) in [7, 11) is 1.60. The third-order valence-corrected chi connectivity index (χ3v) is 2.14.